The van der Waals surface area contributed by atoms with E-state index in [0.717, 1.165) is 0 Å². The van der Waals surface area contributed by atoms with Gasteiger partial charge in [-0.05, 0) is 38.1 Å². The van der Waals surface area contributed by atoms with Crippen molar-refractivity contribution < 1.29 is 19.4 Å². The fraction of sp³-hybridized carbons (Fsp3) is 0.429. The zero-order valence-electron chi connectivity index (χ0n) is 11.0. The SMILES string of the molecule is CC(C)OC(=O)c1ccc(N2CC(O)CC2=O)cc1. The van der Waals surface area contributed by atoms with Gasteiger partial charge in [0.25, 0.3) is 0 Å². The van der Waals surface area contributed by atoms with Crippen LogP contribution < -0.4 is 4.90 Å². The molecule has 1 atom stereocenters. The number of anilines is 1. The number of nitrogens with zero attached hydrogens (tertiary/aromatic N) is 1. The molecule has 0 aromatic heterocycles. The molecule has 0 radical (unpaired) electrons. The molecule has 1 unspecified atom stereocenters. The lowest BCUT2D eigenvalue weighted by atomic mass is 10.2. The molecule has 1 aliphatic rings. The van der Waals surface area contributed by atoms with Crippen LogP contribution in [-0.4, -0.2) is 35.7 Å². The molecule has 1 amide bonds. The van der Waals surface area contributed by atoms with Crippen molar-refractivity contribution in [2.75, 3.05) is 11.4 Å². The van der Waals surface area contributed by atoms with Gasteiger partial charge >= 0.3 is 5.97 Å². The van der Waals surface area contributed by atoms with Gasteiger partial charge in [-0.2, -0.15) is 0 Å². The van der Waals surface area contributed by atoms with Gasteiger partial charge in [-0.15, -0.1) is 0 Å². The Morgan fingerprint density at radius 2 is 2.00 bits per heavy atom. The Labute approximate surface area is 111 Å². The average molecular weight is 263 g/mol. The van der Waals surface area contributed by atoms with Crippen LogP contribution in [0.5, 0.6) is 0 Å². The Morgan fingerprint density at radius 1 is 1.37 bits per heavy atom. The highest BCUT2D eigenvalue weighted by Crippen LogP contribution is 2.22. The highest BCUT2D eigenvalue weighted by molar-refractivity contribution is 5.97. The second-order valence-electron chi connectivity index (χ2n) is 4.86. The van der Waals surface area contributed by atoms with E-state index in [-0.39, 0.29) is 24.4 Å². The Kier molecular flexibility index (Phi) is 3.85. The highest BCUT2D eigenvalue weighted by Gasteiger charge is 2.29. The molecule has 1 aromatic carbocycles. The first kappa shape index (κ1) is 13.5. The molecule has 1 heterocycles. The Bertz CT molecular complexity index is 481. The van der Waals surface area contributed by atoms with E-state index < -0.39 is 6.10 Å². The van der Waals surface area contributed by atoms with E-state index in [1.165, 1.54) is 4.90 Å². The fourth-order valence-corrected chi connectivity index (χ4v) is 2.00. The molecule has 1 N–H and O–H groups in total. The topological polar surface area (TPSA) is 66.8 Å². The zero-order valence-corrected chi connectivity index (χ0v) is 11.0. The van der Waals surface area contributed by atoms with Crippen LogP contribution in [0, 0.1) is 0 Å². The molecule has 0 saturated carbocycles. The average Bonchev–Trinajstić information content (AvgIpc) is 2.68. The van der Waals surface area contributed by atoms with Crippen molar-refractivity contribution in [3.05, 3.63) is 29.8 Å². The number of aliphatic hydroxyl groups is 1. The third kappa shape index (κ3) is 3.12. The predicted molar refractivity (Wildman–Crippen MR) is 70.0 cm³/mol. The van der Waals surface area contributed by atoms with E-state index in [2.05, 4.69) is 0 Å². The van der Waals surface area contributed by atoms with Crippen molar-refractivity contribution in [2.24, 2.45) is 0 Å². The second-order valence-corrected chi connectivity index (χ2v) is 4.86. The molecule has 19 heavy (non-hydrogen) atoms. The number of hydrogen-bond acceptors (Lipinski definition) is 4. The molecule has 2 rings (SSSR count). The number of amides is 1. The van der Waals surface area contributed by atoms with Crippen molar-refractivity contribution >= 4 is 17.6 Å². The summed E-state index contributed by atoms with van der Waals surface area (Å²) in [4.78, 5) is 24.8. The summed E-state index contributed by atoms with van der Waals surface area (Å²) >= 11 is 0. The first-order valence-electron chi connectivity index (χ1n) is 6.27. The van der Waals surface area contributed by atoms with Crippen molar-refractivity contribution in [2.45, 2.75) is 32.5 Å². The van der Waals surface area contributed by atoms with Gasteiger partial charge in [-0.25, -0.2) is 4.79 Å². The largest absolute Gasteiger partial charge is 0.459 e. The number of carbonyl (C=O) groups is 2. The number of hydrogen-bond donors (Lipinski definition) is 1. The van der Waals surface area contributed by atoms with E-state index >= 15 is 0 Å². The van der Waals surface area contributed by atoms with Crippen molar-refractivity contribution in [3.63, 3.8) is 0 Å². The van der Waals surface area contributed by atoms with Crippen molar-refractivity contribution in [1.29, 1.82) is 0 Å². The maximum Gasteiger partial charge on any atom is 0.338 e. The van der Waals surface area contributed by atoms with Crippen LogP contribution >= 0.6 is 0 Å². The highest BCUT2D eigenvalue weighted by atomic mass is 16.5. The van der Waals surface area contributed by atoms with Gasteiger partial charge in [-0.3, -0.25) is 4.79 Å². The maximum atomic E-state index is 11.7. The molecule has 1 aromatic rings. The van der Waals surface area contributed by atoms with Crippen molar-refractivity contribution in [3.8, 4) is 0 Å². The molecule has 0 bridgehead atoms. The lowest BCUT2D eigenvalue weighted by Crippen LogP contribution is -2.25. The van der Waals surface area contributed by atoms with E-state index in [1.807, 2.05) is 0 Å². The third-order valence-corrected chi connectivity index (χ3v) is 2.86. The van der Waals surface area contributed by atoms with Gasteiger partial charge in [0, 0.05) is 5.69 Å². The summed E-state index contributed by atoms with van der Waals surface area (Å²) in [5.74, 6) is -0.487. The lowest BCUT2D eigenvalue weighted by molar-refractivity contribution is -0.117. The van der Waals surface area contributed by atoms with Crippen LogP contribution in [0.3, 0.4) is 0 Å². The summed E-state index contributed by atoms with van der Waals surface area (Å²) in [6.07, 6.45) is -0.627. The van der Waals surface area contributed by atoms with E-state index in [0.29, 0.717) is 17.8 Å². The minimum absolute atomic E-state index is 0.106. The molecule has 1 saturated heterocycles. The molecular formula is C14H17NO4. The fourth-order valence-electron chi connectivity index (χ4n) is 2.00. The smallest absolute Gasteiger partial charge is 0.338 e. The normalized spacial score (nSPS) is 19.1. The van der Waals surface area contributed by atoms with E-state index in [1.54, 1.807) is 38.1 Å². The number of aliphatic hydroxyl groups excluding tert-OH is 1. The van der Waals surface area contributed by atoms with Crippen LogP contribution in [0.15, 0.2) is 24.3 Å². The number of carbonyl (C=O) groups excluding carboxylic acids is 2. The molecule has 5 heteroatoms. The Balaban J connectivity index is 2.10. The maximum absolute atomic E-state index is 11.7. The Hall–Kier alpha value is -1.88. The van der Waals surface area contributed by atoms with Crippen LogP contribution in [-0.2, 0) is 9.53 Å². The van der Waals surface area contributed by atoms with Gasteiger partial charge < -0.3 is 14.7 Å². The Morgan fingerprint density at radius 3 is 2.47 bits per heavy atom. The van der Waals surface area contributed by atoms with Gasteiger partial charge in [0.15, 0.2) is 0 Å². The number of ether oxygens (including phenoxy) is 1. The molecule has 5 nitrogen and oxygen atoms in total. The number of β-amino-alcohol motifs (C(OH)–C–C–N with tert-alkyl or cyclic N) is 1. The first-order valence-corrected chi connectivity index (χ1v) is 6.27. The number of esters is 1. The van der Waals surface area contributed by atoms with Gasteiger partial charge in [0.1, 0.15) is 0 Å². The predicted octanol–water partition coefficient (Wildman–Crippen LogP) is 1.35. The van der Waals surface area contributed by atoms with E-state index in [9.17, 15) is 14.7 Å². The number of benzene rings is 1. The van der Waals surface area contributed by atoms with Crippen LogP contribution in [0.1, 0.15) is 30.6 Å². The van der Waals surface area contributed by atoms with Crippen LogP contribution in [0.25, 0.3) is 0 Å². The minimum Gasteiger partial charge on any atom is -0.459 e. The monoisotopic (exact) mass is 263 g/mol. The van der Waals surface area contributed by atoms with Crippen LogP contribution in [0.2, 0.25) is 0 Å². The number of rotatable bonds is 3. The van der Waals surface area contributed by atoms with Gasteiger partial charge in [0.05, 0.1) is 30.7 Å². The summed E-state index contributed by atoms with van der Waals surface area (Å²) < 4.78 is 5.08. The molecule has 0 aliphatic carbocycles. The summed E-state index contributed by atoms with van der Waals surface area (Å²) in [6, 6.07) is 6.62. The summed E-state index contributed by atoms with van der Waals surface area (Å²) in [5.41, 5.74) is 1.13. The summed E-state index contributed by atoms with van der Waals surface area (Å²) in [6.45, 7) is 3.88. The van der Waals surface area contributed by atoms with Crippen LogP contribution in [0.4, 0.5) is 5.69 Å². The lowest BCUT2D eigenvalue weighted by Gasteiger charge is -2.16. The summed E-state index contributed by atoms with van der Waals surface area (Å²) in [5, 5.41) is 9.44. The molecule has 1 aliphatic heterocycles. The first-order chi connectivity index (χ1) is 8.97. The van der Waals surface area contributed by atoms with Gasteiger partial charge in [0.2, 0.25) is 5.91 Å². The molecule has 102 valence electrons. The quantitative estimate of drug-likeness (QED) is 0.836. The van der Waals surface area contributed by atoms with Gasteiger partial charge in [-0.1, -0.05) is 0 Å². The minimum atomic E-state index is -0.613. The third-order valence-electron chi connectivity index (χ3n) is 2.86. The standard InChI is InChI=1S/C14H17NO4/c1-9(2)19-14(18)10-3-5-11(6-4-10)15-8-12(16)7-13(15)17/h3-6,9,12,16H,7-8H2,1-2H3. The molecule has 0 spiro atoms. The molecular weight excluding hydrogens is 246 g/mol. The summed E-state index contributed by atoms with van der Waals surface area (Å²) in [7, 11) is 0. The van der Waals surface area contributed by atoms with E-state index in [4.69, 9.17) is 4.74 Å². The second kappa shape index (κ2) is 5.40. The zero-order chi connectivity index (χ0) is 14.0. The molecule has 1 fully saturated rings. The van der Waals surface area contributed by atoms with Crippen molar-refractivity contribution in [1.82, 2.24) is 0 Å².